The predicted molar refractivity (Wildman–Crippen MR) is 78.8 cm³/mol. The molecule has 1 aromatic heterocycles. The number of unbranched alkanes of at least 4 members (excludes halogenated alkanes) is 1. The number of nitrogens with one attached hydrogen (secondary N) is 1. The Balaban J connectivity index is 2.15. The van der Waals surface area contributed by atoms with Crippen molar-refractivity contribution in [1.82, 2.24) is 9.88 Å². The summed E-state index contributed by atoms with van der Waals surface area (Å²) in [6.45, 7) is 5.08. The minimum atomic E-state index is 0.622. The Morgan fingerprint density at radius 1 is 1.32 bits per heavy atom. The quantitative estimate of drug-likeness (QED) is 0.770. The Morgan fingerprint density at radius 3 is 3.00 bits per heavy atom. The highest BCUT2D eigenvalue weighted by molar-refractivity contribution is 5.83. The Labute approximate surface area is 114 Å². The molecule has 3 heteroatoms. The summed E-state index contributed by atoms with van der Waals surface area (Å²) in [7, 11) is 0. The minimum Gasteiger partial charge on any atom is -0.347 e. The van der Waals surface area contributed by atoms with Gasteiger partial charge in [0.05, 0.1) is 6.07 Å². The number of hydrogen-bond acceptors (Lipinski definition) is 2. The zero-order chi connectivity index (χ0) is 13.5. The van der Waals surface area contributed by atoms with Crippen LogP contribution in [-0.2, 0) is 13.1 Å². The van der Waals surface area contributed by atoms with Gasteiger partial charge >= 0.3 is 0 Å². The van der Waals surface area contributed by atoms with Crippen molar-refractivity contribution in [2.75, 3.05) is 6.54 Å². The maximum atomic E-state index is 8.61. The van der Waals surface area contributed by atoms with Crippen molar-refractivity contribution >= 4 is 10.9 Å². The molecule has 1 heterocycles. The molecule has 2 rings (SSSR count). The average molecular weight is 255 g/mol. The molecule has 0 aliphatic rings. The van der Waals surface area contributed by atoms with Crippen molar-refractivity contribution in [2.24, 2.45) is 0 Å². The van der Waals surface area contributed by atoms with E-state index in [0.717, 1.165) is 32.5 Å². The van der Waals surface area contributed by atoms with Crippen LogP contribution in [0.4, 0.5) is 0 Å². The molecule has 2 aromatic rings. The van der Waals surface area contributed by atoms with Crippen molar-refractivity contribution in [2.45, 2.75) is 39.3 Å². The number of aryl methyl sites for hydroxylation is 1. The number of aromatic nitrogens is 1. The fraction of sp³-hybridized carbons (Fsp3) is 0.438. The van der Waals surface area contributed by atoms with E-state index in [1.54, 1.807) is 0 Å². The molecule has 0 amide bonds. The first-order valence-corrected chi connectivity index (χ1v) is 7.01. The molecular weight excluding hydrogens is 234 g/mol. The van der Waals surface area contributed by atoms with Crippen LogP contribution >= 0.6 is 0 Å². The second-order valence-electron chi connectivity index (χ2n) is 4.80. The van der Waals surface area contributed by atoms with Gasteiger partial charge in [0.1, 0.15) is 0 Å². The van der Waals surface area contributed by atoms with E-state index in [2.05, 4.69) is 53.3 Å². The average Bonchev–Trinajstić information content (AvgIpc) is 2.84. The van der Waals surface area contributed by atoms with Crippen molar-refractivity contribution in [3.05, 3.63) is 36.0 Å². The van der Waals surface area contributed by atoms with Gasteiger partial charge in [-0.1, -0.05) is 19.1 Å². The molecular formula is C16H21N3. The maximum absolute atomic E-state index is 8.61. The van der Waals surface area contributed by atoms with E-state index in [-0.39, 0.29) is 0 Å². The van der Waals surface area contributed by atoms with Gasteiger partial charge in [-0.15, -0.1) is 0 Å². The molecule has 0 aliphatic carbocycles. The third kappa shape index (κ3) is 3.36. The van der Waals surface area contributed by atoms with Crippen molar-refractivity contribution in [3.63, 3.8) is 0 Å². The second-order valence-corrected chi connectivity index (χ2v) is 4.80. The number of benzene rings is 1. The molecule has 0 unspecified atom stereocenters. The molecule has 0 saturated carbocycles. The highest BCUT2D eigenvalue weighted by atomic mass is 14.9. The highest BCUT2D eigenvalue weighted by Gasteiger charge is 2.04. The molecule has 0 spiro atoms. The van der Waals surface area contributed by atoms with Crippen LogP contribution < -0.4 is 5.32 Å². The summed E-state index contributed by atoms with van der Waals surface area (Å²) in [4.78, 5) is 0. The lowest BCUT2D eigenvalue weighted by Crippen LogP contribution is -2.13. The third-order valence-electron chi connectivity index (χ3n) is 3.33. The van der Waals surface area contributed by atoms with Crippen molar-refractivity contribution in [3.8, 4) is 6.07 Å². The molecule has 3 nitrogen and oxygen atoms in total. The summed E-state index contributed by atoms with van der Waals surface area (Å²) in [6.07, 6.45) is 4.83. The lowest BCUT2D eigenvalue weighted by molar-refractivity contribution is 0.672. The van der Waals surface area contributed by atoms with Crippen molar-refractivity contribution in [1.29, 1.82) is 5.26 Å². The lowest BCUT2D eigenvalue weighted by Gasteiger charge is -2.07. The van der Waals surface area contributed by atoms with E-state index in [1.807, 2.05) is 0 Å². The first-order chi connectivity index (χ1) is 9.36. The van der Waals surface area contributed by atoms with Gasteiger partial charge in [-0.3, -0.25) is 0 Å². The Kier molecular flexibility index (Phi) is 5.00. The summed E-state index contributed by atoms with van der Waals surface area (Å²) in [6, 6.07) is 10.8. The molecule has 100 valence electrons. The molecule has 1 N–H and O–H groups in total. The van der Waals surface area contributed by atoms with Gasteiger partial charge in [0, 0.05) is 36.6 Å². The van der Waals surface area contributed by atoms with Crippen LogP contribution in [0.3, 0.4) is 0 Å². The molecule has 0 atom stereocenters. The first-order valence-electron chi connectivity index (χ1n) is 7.01. The fourth-order valence-corrected chi connectivity index (χ4v) is 2.36. The van der Waals surface area contributed by atoms with E-state index in [1.165, 1.54) is 16.5 Å². The van der Waals surface area contributed by atoms with Crippen LogP contribution in [0.25, 0.3) is 10.9 Å². The minimum absolute atomic E-state index is 0.622. The molecule has 19 heavy (non-hydrogen) atoms. The smallest absolute Gasteiger partial charge is 0.0622 e. The summed E-state index contributed by atoms with van der Waals surface area (Å²) in [5, 5.41) is 13.4. The van der Waals surface area contributed by atoms with Crippen LogP contribution in [0.15, 0.2) is 30.5 Å². The van der Waals surface area contributed by atoms with Gasteiger partial charge in [-0.2, -0.15) is 5.26 Å². The third-order valence-corrected chi connectivity index (χ3v) is 3.33. The highest BCUT2D eigenvalue weighted by Crippen LogP contribution is 2.20. The Hall–Kier alpha value is -1.79. The fourth-order valence-electron chi connectivity index (χ4n) is 2.36. The number of rotatable bonds is 7. The number of nitriles is 1. The monoisotopic (exact) mass is 255 g/mol. The zero-order valence-electron chi connectivity index (χ0n) is 11.5. The molecule has 1 aromatic carbocycles. The predicted octanol–water partition coefficient (Wildman–Crippen LogP) is 3.44. The normalized spacial score (nSPS) is 10.7. The first kappa shape index (κ1) is 13.6. The summed E-state index contributed by atoms with van der Waals surface area (Å²) in [5.74, 6) is 0. The van der Waals surface area contributed by atoms with Gasteiger partial charge < -0.3 is 9.88 Å². The molecule has 0 aliphatic heterocycles. The van der Waals surface area contributed by atoms with Gasteiger partial charge in [0.2, 0.25) is 0 Å². The molecule has 0 saturated heterocycles. The van der Waals surface area contributed by atoms with Crippen LogP contribution in [0.2, 0.25) is 0 Å². The van der Waals surface area contributed by atoms with Gasteiger partial charge in [0.25, 0.3) is 0 Å². The van der Waals surface area contributed by atoms with Crippen LogP contribution in [0.1, 0.15) is 31.7 Å². The lowest BCUT2D eigenvalue weighted by atomic mass is 10.1. The summed E-state index contributed by atoms with van der Waals surface area (Å²) in [5.41, 5.74) is 2.62. The van der Waals surface area contributed by atoms with E-state index in [4.69, 9.17) is 5.26 Å². The van der Waals surface area contributed by atoms with Crippen LogP contribution in [0.5, 0.6) is 0 Å². The van der Waals surface area contributed by atoms with Crippen molar-refractivity contribution < 1.29 is 0 Å². The summed E-state index contributed by atoms with van der Waals surface area (Å²) < 4.78 is 2.25. The second kappa shape index (κ2) is 6.96. The number of nitrogens with zero attached hydrogens (tertiary/aromatic N) is 2. The van der Waals surface area contributed by atoms with Crippen LogP contribution in [-0.4, -0.2) is 11.1 Å². The molecule has 0 radical (unpaired) electrons. The topological polar surface area (TPSA) is 40.8 Å². The summed E-state index contributed by atoms with van der Waals surface area (Å²) >= 11 is 0. The van der Waals surface area contributed by atoms with E-state index in [0.29, 0.717) is 6.42 Å². The zero-order valence-corrected chi connectivity index (χ0v) is 11.5. The van der Waals surface area contributed by atoms with E-state index >= 15 is 0 Å². The molecule has 0 bridgehead atoms. The molecule has 0 fully saturated rings. The van der Waals surface area contributed by atoms with E-state index in [9.17, 15) is 0 Å². The number of fused-ring (bicyclic) bond motifs is 1. The van der Waals surface area contributed by atoms with E-state index < -0.39 is 0 Å². The maximum Gasteiger partial charge on any atom is 0.0622 e. The van der Waals surface area contributed by atoms with Gasteiger partial charge in [-0.05, 0) is 37.1 Å². The largest absolute Gasteiger partial charge is 0.347 e. The standard InChI is InChI=1S/C16H21N3/c1-2-10-18-13-14-6-5-7-16-15(14)8-12-19(16)11-4-3-9-17/h5-8,12,18H,2-4,10-11,13H2,1H3. The Morgan fingerprint density at radius 2 is 2.21 bits per heavy atom. The van der Waals surface area contributed by atoms with Gasteiger partial charge in [0.15, 0.2) is 0 Å². The number of hydrogen-bond donors (Lipinski definition) is 1. The Bertz CT molecular complexity index is 563. The van der Waals surface area contributed by atoms with Gasteiger partial charge in [-0.25, -0.2) is 0 Å². The SMILES string of the molecule is CCCNCc1cccc2c1ccn2CCCC#N. The van der Waals surface area contributed by atoms with Crippen LogP contribution in [0, 0.1) is 11.3 Å².